The van der Waals surface area contributed by atoms with Crippen LogP contribution in [0.3, 0.4) is 0 Å². The molecule has 0 bridgehead atoms. The van der Waals surface area contributed by atoms with Crippen molar-refractivity contribution in [2.24, 2.45) is 0 Å². The standard InChI is InChI=1S/C22H34N2/c1-22(2,3)21-9-7-19(8-10-21)20-11-17-24(18-12-20)16-6-15-23-13-4-5-14-23/h7-11H,4-6,12-18H2,1-3H3. The summed E-state index contributed by atoms with van der Waals surface area (Å²) in [5.41, 5.74) is 4.61. The molecule has 1 aromatic carbocycles. The van der Waals surface area contributed by atoms with E-state index in [1.54, 1.807) is 0 Å². The second-order valence-electron chi connectivity index (χ2n) is 8.51. The molecule has 1 saturated heterocycles. The van der Waals surface area contributed by atoms with Crippen LogP contribution in [0, 0.1) is 0 Å². The van der Waals surface area contributed by atoms with Gasteiger partial charge in [0, 0.05) is 13.1 Å². The summed E-state index contributed by atoms with van der Waals surface area (Å²) in [6, 6.07) is 9.24. The van der Waals surface area contributed by atoms with Crippen LogP contribution in [0.25, 0.3) is 5.57 Å². The average molecular weight is 327 g/mol. The molecule has 1 aromatic rings. The Labute approximate surface area is 148 Å². The Bertz CT molecular complexity index is 544. The maximum absolute atomic E-state index is 2.63. The first-order chi connectivity index (χ1) is 11.5. The monoisotopic (exact) mass is 326 g/mol. The molecule has 3 rings (SSSR count). The van der Waals surface area contributed by atoms with E-state index >= 15 is 0 Å². The molecule has 0 saturated carbocycles. The van der Waals surface area contributed by atoms with E-state index in [0.717, 1.165) is 6.54 Å². The molecule has 0 radical (unpaired) electrons. The van der Waals surface area contributed by atoms with E-state index in [1.807, 2.05) is 0 Å². The summed E-state index contributed by atoms with van der Waals surface area (Å²) in [6.07, 6.45) is 7.78. The fraction of sp³-hybridized carbons (Fsp3) is 0.636. The van der Waals surface area contributed by atoms with Gasteiger partial charge in [-0.3, -0.25) is 4.90 Å². The van der Waals surface area contributed by atoms with Crippen LogP contribution in [-0.2, 0) is 5.41 Å². The van der Waals surface area contributed by atoms with Gasteiger partial charge in [-0.05, 0) is 74.0 Å². The minimum Gasteiger partial charge on any atom is -0.303 e. The summed E-state index contributed by atoms with van der Waals surface area (Å²) in [5, 5.41) is 0. The molecule has 0 atom stereocenters. The molecule has 2 heteroatoms. The third kappa shape index (κ3) is 4.70. The summed E-state index contributed by atoms with van der Waals surface area (Å²) in [7, 11) is 0. The summed E-state index contributed by atoms with van der Waals surface area (Å²) >= 11 is 0. The highest BCUT2D eigenvalue weighted by atomic mass is 15.2. The van der Waals surface area contributed by atoms with Crippen molar-refractivity contribution >= 4 is 5.57 Å². The lowest BCUT2D eigenvalue weighted by Gasteiger charge is -2.27. The van der Waals surface area contributed by atoms with Crippen molar-refractivity contribution in [3.8, 4) is 0 Å². The fourth-order valence-corrected chi connectivity index (χ4v) is 3.88. The Kier molecular flexibility index (Phi) is 5.78. The molecule has 2 heterocycles. The zero-order valence-corrected chi connectivity index (χ0v) is 15.9. The van der Waals surface area contributed by atoms with Gasteiger partial charge in [0.15, 0.2) is 0 Å². The van der Waals surface area contributed by atoms with Crippen LogP contribution in [-0.4, -0.2) is 49.1 Å². The summed E-state index contributed by atoms with van der Waals surface area (Å²) in [5.74, 6) is 0. The van der Waals surface area contributed by atoms with Gasteiger partial charge in [-0.15, -0.1) is 0 Å². The first-order valence-electron chi connectivity index (χ1n) is 9.77. The Morgan fingerprint density at radius 2 is 1.54 bits per heavy atom. The molecular weight excluding hydrogens is 292 g/mol. The first-order valence-corrected chi connectivity index (χ1v) is 9.77. The fourth-order valence-electron chi connectivity index (χ4n) is 3.88. The highest BCUT2D eigenvalue weighted by molar-refractivity contribution is 5.66. The van der Waals surface area contributed by atoms with Crippen LogP contribution in [0.4, 0.5) is 0 Å². The smallest absolute Gasteiger partial charge is 0.0169 e. The van der Waals surface area contributed by atoms with Crippen molar-refractivity contribution in [3.05, 3.63) is 41.5 Å². The Hall–Kier alpha value is -1.12. The molecule has 1 fully saturated rings. The molecule has 0 spiro atoms. The largest absolute Gasteiger partial charge is 0.303 e. The lowest BCUT2D eigenvalue weighted by atomic mass is 9.86. The van der Waals surface area contributed by atoms with Gasteiger partial charge >= 0.3 is 0 Å². The van der Waals surface area contributed by atoms with E-state index in [-0.39, 0.29) is 5.41 Å². The molecule has 0 amide bonds. The number of benzene rings is 1. The van der Waals surface area contributed by atoms with Gasteiger partial charge in [0.05, 0.1) is 0 Å². The average Bonchev–Trinajstić information content (AvgIpc) is 3.08. The van der Waals surface area contributed by atoms with Gasteiger partial charge in [-0.2, -0.15) is 0 Å². The molecule has 132 valence electrons. The minimum absolute atomic E-state index is 0.242. The Balaban J connectivity index is 1.47. The highest BCUT2D eigenvalue weighted by Crippen LogP contribution is 2.27. The van der Waals surface area contributed by atoms with Crippen LogP contribution in [0.15, 0.2) is 30.3 Å². The Morgan fingerprint density at radius 3 is 2.12 bits per heavy atom. The third-order valence-corrected chi connectivity index (χ3v) is 5.56. The lowest BCUT2D eigenvalue weighted by molar-refractivity contribution is 0.262. The molecule has 0 unspecified atom stereocenters. The number of nitrogens with zero attached hydrogens (tertiary/aromatic N) is 2. The highest BCUT2D eigenvalue weighted by Gasteiger charge is 2.16. The zero-order chi connectivity index (χ0) is 17.0. The van der Waals surface area contributed by atoms with Crippen LogP contribution in [0.1, 0.15) is 57.6 Å². The van der Waals surface area contributed by atoms with Crippen LogP contribution >= 0.6 is 0 Å². The third-order valence-electron chi connectivity index (χ3n) is 5.56. The van der Waals surface area contributed by atoms with Crippen LogP contribution in [0.5, 0.6) is 0 Å². The predicted molar refractivity (Wildman–Crippen MR) is 104 cm³/mol. The van der Waals surface area contributed by atoms with Gasteiger partial charge < -0.3 is 4.90 Å². The van der Waals surface area contributed by atoms with E-state index in [0.29, 0.717) is 0 Å². The van der Waals surface area contributed by atoms with Crippen LogP contribution < -0.4 is 0 Å². The quantitative estimate of drug-likeness (QED) is 0.782. The first kappa shape index (κ1) is 17.7. The van der Waals surface area contributed by atoms with E-state index in [1.165, 1.54) is 75.1 Å². The van der Waals surface area contributed by atoms with Gasteiger partial charge in [0.25, 0.3) is 0 Å². The SMILES string of the molecule is CC(C)(C)c1ccc(C2=CCN(CCCN3CCCC3)CC2)cc1. The molecule has 0 aliphatic carbocycles. The normalized spacial score (nSPS) is 20.4. The van der Waals surface area contributed by atoms with Crippen molar-refractivity contribution in [2.45, 2.75) is 51.9 Å². The molecule has 2 aliphatic heterocycles. The molecule has 2 aliphatic rings. The van der Waals surface area contributed by atoms with Crippen LogP contribution in [0.2, 0.25) is 0 Å². The molecule has 0 N–H and O–H groups in total. The summed E-state index contributed by atoms with van der Waals surface area (Å²) in [4.78, 5) is 5.24. The van der Waals surface area contributed by atoms with Gasteiger partial charge in [0.1, 0.15) is 0 Å². The molecule has 0 aromatic heterocycles. The van der Waals surface area contributed by atoms with Gasteiger partial charge in [0.2, 0.25) is 0 Å². The molecular formula is C22H34N2. The summed E-state index contributed by atoms with van der Waals surface area (Å²) < 4.78 is 0. The number of hydrogen-bond acceptors (Lipinski definition) is 2. The molecule has 24 heavy (non-hydrogen) atoms. The number of hydrogen-bond donors (Lipinski definition) is 0. The second-order valence-corrected chi connectivity index (χ2v) is 8.51. The number of likely N-dealkylation sites (tertiary alicyclic amines) is 1. The van der Waals surface area contributed by atoms with Crippen molar-refractivity contribution < 1.29 is 0 Å². The van der Waals surface area contributed by atoms with E-state index < -0.39 is 0 Å². The van der Waals surface area contributed by atoms with E-state index in [2.05, 4.69) is 60.9 Å². The second kappa shape index (κ2) is 7.84. The number of rotatable bonds is 5. The zero-order valence-electron chi connectivity index (χ0n) is 15.9. The van der Waals surface area contributed by atoms with E-state index in [9.17, 15) is 0 Å². The topological polar surface area (TPSA) is 6.48 Å². The maximum Gasteiger partial charge on any atom is 0.0169 e. The van der Waals surface area contributed by atoms with Crippen molar-refractivity contribution in [1.29, 1.82) is 0 Å². The van der Waals surface area contributed by atoms with Crippen molar-refractivity contribution in [1.82, 2.24) is 9.80 Å². The van der Waals surface area contributed by atoms with Crippen molar-refractivity contribution in [3.63, 3.8) is 0 Å². The van der Waals surface area contributed by atoms with Crippen molar-refractivity contribution in [2.75, 3.05) is 39.3 Å². The maximum atomic E-state index is 2.63. The lowest BCUT2D eigenvalue weighted by Crippen LogP contribution is -2.32. The molecule has 2 nitrogen and oxygen atoms in total. The van der Waals surface area contributed by atoms with Gasteiger partial charge in [-0.1, -0.05) is 51.1 Å². The van der Waals surface area contributed by atoms with E-state index in [4.69, 9.17) is 0 Å². The minimum atomic E-state index is 0.242. The predicted octanol–water partition coefficient (Wildman–Crippen LogP) is 4.56. The summed E-state index contributed by atoms with van der Waals surface area (Å²) in [6.45, 7) is 14.4. The van der Waals surface area contributed by atoms with Gasteiger partial charge in [-0.25, -0.2) is 0 Å². The Morgan fingerprint density at radius 1 is 0.875 bits per heavy atom.